The van der Waals surface area contributed by atoms with Crippen molar-refractivity contribution in [2.24, 2.45) is 0 Å². The minimum Gasteiger partial charge on any atom is -0.372 e. The highest BCUT2D eigenvalue weighted by atomic mass is 32.2. The van der Waals surface area contributed by atoms with Crippen LogP contribution in [0.1, 0.15) is 38.8 Å². The van der Waals surface area contributed by atoms with Gasteiger partial charge in [-0.05, 0) is 52.3 Å². The zero-order valence-corrected chi connectivity index (χ0v) is 19.9. The van der Waals surface area contributed by atoms with Gasteiger partial charge in [-0.1, -0.05) is 30.0 Å². The topological polar surface area (TPSA) is 67.2 Å². The van der Waals surface area contributed by atoms with Crippen molar-refractivity contribution in [1.29, 1.82) is 0 Å². The first kappa shape index (κ1) is 22.0. The Hall–Kier alpha value is -2.23. The number of pyridine rings is 1. The number of aromatic nitrogens is 2. The van der Waals surface area contributed by atoms with Crippen LogP contribution in [0.4, 0.5) is 5.82 Å². The summed E-state index contributed by atoms with van der Waals surface area (Å²) in [7, 11) is 0. The van der Waals surface area contributed by atoms with Crippen molar-refractivity contribution in [3.63, 3.8) is 0 Å². The lowest BCUT2D eigenvalue weighted by atomic mass is 10.1. The second kappa shape index (κ2) is 8.37. The van der Waals surface area contributed by atoms with Crippen LogP contribution in [0.15, 0.2) is 28.0 Å². The molecule has 2 aliphatic rings. The number of carbonyl (C=O) groups excluding carboxylic acids is 1. The molecule has 2 aromatic heterocycles. The lowest BCUT2D eigenvalue weighted by Gasteiger charge is -2.36. The van der Waals surface area contributed by atoms with E-state index in [9.17, 15) is 9.59 Å². The van der Waals surface area contributed by atoms with E-state index in [1.54, 1.807) is 21.6 Å². The Balaban J connectivity index is 1.90. The van der Waals surface area contributed by atoms with Crippen LogP contribution in [0.2, 0.25) is 0 Å². The molecule has 31 heavy (non-hydrogen) atoms. The van der Waals surface area contributed by atoms with Gasteiger partial charge in [0.05, 0.1) is 22.7 Å². The van der Waals surface area contributed by atoms with E-state index < -0.39 is 0 Å². The molecule has 1 amide bonds. The molecular formula is C22H26N4O3S2. The van der Waals surface area contributed by atoms with Crippen LogP contribution in [0.3, 0.4) is 0 Å². The van der Waals surface area contributed by atoms with E-state index in [-0.39, 0.29) is 29.7 Å². The molecule has 2 aromatic rings. The first-order valence-electron chi connectivity index (χ1n) is 10.4. The minimum atomic E-state index is -0.203. The molecule has 0 saturated carbocycles. The summed E-state index contributed by atoms with van der Waals surface area (Å²) in [4.78, 5) is 35.5. The molecule has 0 radical (unpaired) electrons. The van der Waals surface area contributed by atoms with E-state index in [1.165, 1.54) is 11.8 Å². The molecular weight excluding hydrogens is 432 g/mol. The predicted molar refractivity (Wildman–Crippen MR) is 129 cm³/mol. The van der Waals surface area contributed by atoms with E-state index in [0.717, 1.165) is 5.56 Å². The maximum absolute atomic E-state index is 13.6. The maximum Gasteiger partial charge on any atom is 0.267 e. The molecule has 2 aliphatic heterocycles. The van der Waals surface area contributed by atoms with Gasteiger partial charge in [-0.15, -0.1) is 0 Å². The highest BCUT2D eigenvalue weighted by Crippen LogP contribution is 2.35. The molecule has 4 rings (SSSR count). The normalized spacial score (nSPS) is 23.6. The van der Waals surface area contributed by atoms with Crippen molar-refractivity contribution in [3.05, 3.63) is 44.7 Å². The van der Waals surface area contributed by atoms with Crippen LogP contribution < -0.4 is 10.5 Å². The summed E-state index contributed by atoms with van der Waals surface area (Å²) < 4.78 is 7.91. The van der Waals surface area contributed by atoms with E-state index >= 15 is 0 Å². The average Bonchev–Trinajstić information content (AvgIpc) is 2.96. The number of thioether (sulfide) groups is 1. The fraction of sp³-hybridized carbons (Fsp3) is 0.455. The number of aryl methyl sites for hydroxylation is 1. The first-order valence-corrected chi connectivity index (χ1v) is 11.6. The number of thiocarbonyl (C=S) groups is 1. The molecule has 7 nitrogen and oxygen atoms in total. The monoisotopic (exact) mass is 458 g/mol. The van der Waals surface area contributed by atoms with Gasteiger partial charge < -0.3 is 9.64 Å². The number of rotatable bonds is 3. The summed E-state index contributed by atoms with van der Waals surface area (Å²) in [6, 6.07) is 3.73. The Morgan fingerprint density at radius 1 is 1.23 bits per heavy atom. The number of ether oxygens (including phenoxy) is 1. The van der Waals surface area contributed by atoms with Crippen LogP contribution in [-0.2, 0) is 9.53 Å². The van der Waals surface area contributed by atoms with Crippen molar-refractivity contribution < 1.29 is 9.53 Å². The van der Waals surface area contributed by atoms with Gasteiger partial charge in [-0.2, -0.15) is 0 Å². The van der Waals surface area contributed by atoms with Gasteiger partial charge in [0.2, 0.25) is 0 Å². The third-order valence-electron chi connectivity index (χ3n) is 5.32. The van der Waals surface area contributed by atoms with Crippen LogP contribution in [0.25, 0.3) is 11.7 Å². The van der Waals surface area contributed by atoms with Crippen molar-refractivity contribution in [2.45, 2.75) is 52.9 Å². The number of nitrogens with zero attached hydrogens (tertiary/aromatic N) is 4. The number of amides is 1. The average molecular weight is 459 g/mol. The highest BCUT2D eigenvalue weighted by molar-refractivity contribution is 8.26. The molecule has 0 spiro atoms. The Morgan fingerprint density at radius 2 is 1.90 bits per heavy atom. The van der Waals surface area contributed by atoms with E-state index in [1.807, 2.05) is 46.8 Å². The summed E-state index contributed by atoms with van der Waals surface area (Å²) in [6.07, 6.45) is 3.45. The summed E-state index contributed by atoms with van der Waals surface area (Å²) in [5, 5.41) is 0. The zero-order valence-electron chi connectivity index (χ0n) is 18.3. The van der Waals surface area contributed by atoms with Crippen molar-refractivity contribution in [2.75, 3.05) is 18.0 Å². The predicted octanol–water partition coefficient (Wildman–Crippen LogP) is 3.23. The molecule has 164 valence electrons. The second-order valence-corrected chi connectivity index (χ2v) is 10.1. The number of hydrogen-bond acceptors (Lipinski definition) is 7. The fourth-order valence-electron chi connectivity index (χ4n) is 4.02. The Morgan fingerprint density at radius 3 is 2.52 bits per heavy atom. The van der Waals surface area contributed by atoms with Crippen LogP contribution >= 0.6 is 24.0 Å². The Kier molecular flexibility index (Phi) is 5.93. The lowest BCUT2D eigenvalue weighted by molar-refractivity contribution is -0.123. The molecule has 0 bridgehead atoms. The van der Waals surface area contributed by atoms with Gasteiger partial charge in [0, 0.05) is 25.3 Å². The summed E-state index contributed by atoms with van der Waals surface area (Å²) in [5.74, 6) is 0.402. The number of hydrogen-bond donors (Lipinski definition) is 0. The van der Waals surface area contributed by atoms with Gasteiger partial charge in [0.15, 0.2) is 0 Å². The zero-order chi connectivity index (χ0) is 22.4. The third kappa shape index (κ3) is 4.14. The van der Waals surface area contributed by atoms with Crippen molar-refractivity contribution in [3.8, 4) is 0 Å². The molecule has 2 unspecified atom stereocenters. The van der Waals surface area contributed by atoms with Crippen molar-refractivity contribution >= 4 is 51.7 Å². The van der Waals surface area contributed by atoms with E-state index in [4.69, 9.17) is 21.9 Å². The third-order valence-corrected chi connectivity index (χ3v) is 6.65. The lowest BCUT2D eigenvalue weighted by Crippen LogP contribution is -2.46. The van der Waals surface area contributed by atoms with Gasteiger partial charge in [0.1, 0.15) is 15.8 Å². The number of anilines is 1. The minimum absolute atomic E-state index is 0.00835. The molecule has 0 N–H and O–H groups in total. The molecule has 2 saturated heterocycles. The molecule has 0 aromatic carbocycles. The largest absolute Gasteiger partial charge is 0.372 e. The maximum atomic E-state index is 13.6. The Labute approximate surface area is 191 Å². The first-order chi connectivity index (χ1) is 14.7. The van der Waals surface area contributed by atoms with Gasteiger partial charge in [-0.25, -0.2) is 4.98 Å². The van der Waals surface area contributed by atoms with Crippen LogP contribution in [0.5, 0.6) is 0 Å². The second-order valence-electron chi connectivity index (χ2n) is 8.40. The number of carbonyl (C=O) groups is 1. The van der Waals surface area contributed by atoms with Crippen molar-refractivity contribution in [1.82, 2.24) is 14.3 Å². The van der Waals surface area contributed by atoms with Crippen LogP contribution in [0, 0.1) is 6.92 Å². The molecule has 0 aliphatic carbocycles. The van der Waals surface area contributed by atoms with Gasteiger partial charge in [0.25, 0.3) is 11.5 Å². The molecule has 2 atom stereocenters. The van der Waals surface area contributed by atoms with Gasteiger partial charge >= 0.3 is 0 Å². The summed E-state index contributed by atoms with van der Waals surface area (Å²) in [6.45, 7) is 11.0. The standard InChI is InChI=1S/C22H26N4O3S2/c1-12(2)26-21(28)17(31-22(26)30)8-16-19(24-10-14(4)29-15(5)11-24)23-18-7-6-13(3)9-25(18)20(16)27/h6-9,12,14-15H,10-11H2,1-5H3. The fourth-order valence-corrected chi connectivity index (χ4v) is 5.53. The molecule has 4 heterocycles. The quantitative estimate of drug-likeness (QED) is 0.517. The summed E-state index contributed by atoms with van der Waals surface area (Å²) >= 11 is 6.63. The SMILES string of the molecule is Cc1ccc2nc(N3CC(C)OC(C)C3)c(C=C3SC(=S)N(C(C)C)C3=O)c(=O)n2c1. The van der Waals surface area contributed by atoms with Gasteiger partial charge in [-0.3, -0.25) is 18.9 Å². The molecule has 2 fully saturated rings. The smallest absolute Gasteiger partial charge is 0.267 e. The van der Waals surface area contributed by atoms with E-state index in [2.05, 4.69) is 4.90 Å². The number of fused-ring (bicyclic) bond motifs is 1. The van der Waals surface area contributed by atoms with Crippen LogP contribution in [-0.4, -0.2) is 55.9 Å². The Bertz CT molecular complexity index is 1150. The summed E-state index contributed by atoms with van der Waals surface area (Å²) in [5.41, 5.74) is 1.72. The number of morpholine rings is 1. The molecule has 9 heteroatoms. The highest BCUT2D eigenvalue weighted by Gasteiger charge is 2.35. The van der Waals surface area contributed by atoms with E-state index in [0.29, 0.717) is 39.3 Å².